The van der Waals surface area contributed by atoms with E-state index in [4.69, 9.17) is 0 Å². The number of hydrogen-bond donors (Lipinski definition) is 2. The van der Waals surface area contributed by atoms with Crippen molar-refractivity contribution in [2.24, 2.45) is 5.10 Å². The highest BCUT2D eigenvalue weighted by Crippen LogP contribution is 2.34. The summed E-state index contributed by atoms with van der Waals surface area (Å²) in [7, 11) is 0. The lowest BCUT2D eigenvalue weighted by atomic mass is 9.94. The van der Waals surface area contributed by atoms with E-state index in [-0.39, 0.29) is 17.3 Å². The van der Waals surface area contributed by atoms with Crippen LogP contribution >= 0.6 is 0 Å². The van der Waals surface area contributed by atoms with Crippen LogP contribution in [0.25, 0.3) is 0 Å². The molecule has 0 amide bonds. The summed E-state index contributed by atoms with van der Waals surface area (Å²) >= 11 is 0. The number of hydrogen-bond acceptors (Lipinski definition) is 6. The molecule has 2 unspecified atom stereocenters. The van der Waals surface area contributed by atoms with E-state index in [1.54, 1.807) is 12.1 Å². The van der Waals surface area contributed by atoms with Crippen molar-refractivity contribution in [1.82, 2.24) is 10.6 Å². The Morgan fingerprint density at radius 3 is 1.59 bits per heavy atom. The summed E-state index contributed by atoms with van der Waals surface area (Å²) < 4.78 is 0. The van der Waals surface area contributed by atoms with Gasteiger partial charge >= 0.3 is 0 Å². The molecule has 27 heavy (non-hydrogen) atoms. The van der Waals surface area contributed by atoms with Gasteiger partial charge in [-0.3, -0.25) is 20.2 Å². The number of nitro groups is 3. The Labute approximate surface area is 151 Å². The van der Waals surface area contributed by atoms with Gasteiger partial charge in [0.05, 0.1) is 21.9 Å². The van der Waals surface area contributed by atoms with Gasteiger partial charge in [-0.1, -0.05) is 24.3 Å². The second-order valence-corrected chi connectivity index (χ2v) is 5.63. The fourth-order valence-corrected chi connectivity index (χ4v) is 2.86. The molecule has 2 aromatic rings. The largest absolute Gasteiger partial charge is 0.342 e. The molecule has 138 valence electrons. The van der Waals surface area contributed by atoms with Crippen LogP contribution in [-0.4, -0.2) is 20.8 Å². The van der Waals surface area contributed by atoms with Crippen LogP contribution in [0.15, 0.2) is 53.6 Å². The Morgan fingerprint density at radius 1 is 0.778 bits per heavy atom. The SMILES string of the molecule is O=[N+]([O-])N=C1NC(c2cccc([N+](=O)[O-])c2)C(c2cccc([N+](=O)[O-])c2)N1. The predicted octanol–water partition coefficient (Wildman–Crippen LogP) is 2.03. The van der Waals surface area contributed by atoms with Crippen molar-refractivity contribution in [3.8, 4) is 0 Å². The van der Waals surface area contributed by atoms with Crippen molar-refractivity contribution in [2.45, 2.75) is 12.1 Å². The molecule has 0 radical (unpaired) electrons. The van der Waals surface area contributed by atoms with E-state index in [2.05, 4.69) is 15.7 Å². The quantitative estimate of drug-likeness (QED) is 0.594. The van der Waals surface area contributed by atoms with Crippen LogP contribution in [0, 0.1) is 30.3 Å². The molecule has 0 spiro atoms. The molecule has 2 atom stereocenters. The van der Waals surface area contributed by atoms with E-state index in [0.29, 0.717) is 11.1 Å². The summed E-state index contributed by atoms with van der Waals surface area (Å²) in [6.07, 6.45) is 0. The van der Waals surface area contributed by atoms with Crippen molar-refractivity contribution in [3.05, 3.63) is 90.0 Å². The average Bonchev–Trinajstić information content (AvgIpc) is 3.05. The molecular weight excluding hydrogens is 360 g/mol. The van der Waals surface area contributed by atoms with Crippen LogP contribution in [0.5, 0.6) is 0 Å². The monoisotopic (exact) mass is 372 g/mol. The van der Waals surface area contributed by atoms with Gasteiger partial charge in [0, 0.05) is 24.3 Å². The van der Waals surface area contributed by atoms with E-state index in [9.17, 15) is 30.3 Å². The zero-order chi connectivity index (χ0) is 19.6. The molecule has 1 aliphatic rings. The Hall–Kier alpha value is -4.09. The summed E-state index contributed by atoms with van der Waals surface area (Å²) in [6.45, 7) is 0. The maximum absolute atomic E-state index is 11.0. The van der Waals surface area contributed by atoms with Gasteiger partial charge in [-0.2, -0.15) is 0 Å². The number of benzene rings is 2. The minimum atomic E-state index is -0.893. The Kier molecular flexibility index (Phi) is 4.62. The third-order valence-corrected chi connectivity index (χ3v) is 3.98. The molecule has 0 bridgehead atoms. The summed E-state index contributed by atoms with van der Waals surface area (Å²) in [5.41, 5.74) is 0.655. The first-order valence-corrected chi connectivity index (χ1v) is 7.60. The fourth-order valence-electron chi connectivity index (χ4n) is 2.86. The van der Waals surface area contributed by atoms with Crippen molar-refractivity contribution in [1.29, 1.82) is 0 Å². The molecule has 2 N–H and O–H groups in total. The van der Waals surface area contributed by atoms with Crippen molar-refractivity contribution in [2.75, 3.05) is 0 Å². The molecule has 12 heteroatoms. The molecule has 0 saturated carbocycles. The first-order valence-electron chi connectivity index (χ1n) is 7.60. The highest BCUT2D eigenvalue weighted by Gasteiger charge is 2.35. The number of nitro benzene ring substituents is 2. The summed E-state index contributed by atoms with van der Waals surface area (Å²) in [4.78, 5) is 31.6. The standard InChI is InChI=1S/C15H12N6O6/c22-19(23)11-5-1-3-9(7-11)13-14(17-15(16-13)18-21(26)27)10-4-2-6-12(8-10)20(24)25/h1-8,13-14H,(H2,16,17,18). The molecule has 1 fully saturated rings. The van der Waals surface area contributed by atoms with Crippen molar-refractivity contribution >= 4 is 17.3 Å². The van der Waals surface area contributed by atoms with Crippen LogP contribution in [0.3, 0.4) is 0 Å². The smallest absolute Gasteiger partial charge is 0.269 e. The van der Waals surface area contributed by atoms with Gasteiger partial charge in [-0.25, -0.2) is 10.1 Å². The van der Waals surface area contributed by atoms with Gasteiger partial charge in [0.2, 0.25) is 0 Å². The zero-order valence-electron chi connectivity index (χ0n) is 13.5. The minimum absolute atomic E-state index is 0.145. The fraction of sp³-hybridized carbons (Fsp3) is 0.133. The topological polar surface area (TPSA) is 166 Å². The number of hydrazone groups is 1. The average molecular weight is 372 g/mol. The Morgan fingerprint density at radius 2 is 1.22 bits per heavy atom. The number of guanidine groups is 1. The molecule has 1 saturated heterocycles. The second kappa shape index (κ2) is 7.03. The third-order valence-electron chi connectivity index (χ3n) is 3.98. The van der Waals surface area contributed by atoms with Crippen LogP contribution in [0.4, 0.5) is 11.4 Å². The lowest BCUT2D eigenvalue weighted by molar-refractivity contribution is -0.485. The van der Waals surface area contributed by atoms with Gasteiger partial charge in [0.1, 0.15) is 5.10 Å². The molecule has 12 nitrogen and oxygen atoms in total. The number of rotatable bonds is 5. The van der Waals surface area contributed by atoms with E-state index in [0.717, 1.165) is 0 Å². The first-order chi connectivity index (χ1) is 12.8. The van der Waals surface area contributed by atoms with Crippen LogP contribution in [0.1, 0.15) is 23.2 Å². The highest BCUT2D eigenvalue weighted by molar-refractivity contribution is 5.83. The maximum atomic E-state index is 11.0. The normalized spacial score (nSPS) is 18.3. The lowest BCUT2D eigenvalue weighted by Crippen LogP contribution is -2.26. The number of nitrogens with zero attached hydrogens (tertiary/aromatic N) is 4. The molecule has 1 heterocycles. The molecular formula is C15H12N6O6. The van der Waals surface area contributed by atoms with E-state index >= 15 is 0 Å². The third kappa shape index (κ3) is 3.78. The summed E-state index contributed by atoms with van der Waals surface area (Å²) in [6, 6.07) is 10.2. The first kappa shape index (κ1) is 17.7. The Bertz CT molecular complexity index is 894. The van der Waals surface area contributed by atoms with Crippen LogP contribution < -0.4 is 10.6 Å². The predicted molar refractivity (Wildman–Crippen MR) is 92.4 cm³/mol. The van der Waals surface area contributed by atoms with E-state index in [1.807, 2.05) is 0 Å². The summed E-state index contributed by atoms with van der Waals surface area (Å²) in [5.74, 6) is -0.145. The minimum Gasteiger partial charge on any atom is -0.342 e. The maximum Gasteiger partial charge on any atom is 0.269 e. The van der Waals surface area contributed by atoms with Gasteiger partial charge in [-0.15, -0.1) is 0 Å². The molecule has 3 rings (SSSR count). The van der Waals surface area contributed by atoms with Crippen LogP contribution in [0.2, 0.25) is 0 Å². The van der Waals surface area contributed by atoms with Gasteiger partial charge in [0.15, 0.2) is 5.03 Å². The zero-order valence-corrected chi connectivity index (χ0v) is 13.5. The molecule has 0 aliphatic carbocycles. The van der Waals surface area contributed by atoms with Gasteiger partial charge < -0.3 is 10.6 Å². The summed E-state index contributed by atoms with van der Waals surface area (Å²) in [5, 5.41) is 40.7. The lowest BCUT2D eigenvalue weighted by Gasteiger charge is -2.19. The number of nitrogens with one attached hydrogen (secondary N) is 2. The van der Waals surface area contributed by atoms with Crippen molar-refractivity contribution < 1.29 is 14.9 Å². The van der Waals surface area contributed by atoms with E-state index < -0.39 is 27.0 Å². The highest BCUT2D eigenvalue weighted by atomic mass is 16.7. The molecule has 1 aliphatic heterocycles. The number of non-ortho nitro benzene ring substituents is 2. The van der Waals surface area contributed by atoms with Crippen LogP contribution in [-0.2, 0) is 0 Å². The van der Waals surface area contributed by atoms with Gasteiger partial charge in [-0.05, 0) is 11.1 Å². The second-order valence-electron chi connectivity index (χ2n) is 5.63. The van der Waals surface area contributed by atoms with Gasteiger partial charge in [0.25, 0.3) is 17.3 Å². The molecule has 2 aromatic carbocycles. The molecule has 0 aromatic heterocycles. The van der Waals surface area contributed by atoms with E-state index in [1.165, 1.54) is 36.4 Å². The Balaban J connectivity index is 2.04. The van der Waals surface area contributed by atoms with Crippen molar-refractivity contribution in [3.63, 3.8) is 0 Å².